The standard InChI is InChI=1S/C47H33NO/c1-47(2)42-16-7-5-14-39(42)40-24-22-37(29-43(40)47)48(35-13-9-12-32(27-35)33-19-18-30-10-3-4-11-31(30)26-33)36-21-23-38-34(28-36)20-25-45-46(38)41-15-6-8-17-44(41)49-45/h3-29H,1-2H3. The summed E-state index contributed by atoms with van der Waals surface area (Å²) in [5, 5.41) is 7.19. The molecule has 9 aromatic rings. The van der Waals surface area contributed by atoms with Crippen LogP contribution in [0.15, 0.2) is 168 Å². The summed E-state index contributed by atoms with van der Waals surface area (Å²) in [6.07, 6.45) is 0. The molecule has 0 saturated heterocycles. The monoisotopic (exact) mass is 627 g/mol. The molecule has 2 nitrogen and oxygen atoms in total. The van der Waals surface area contributed by atoms with Gasteiger partial charge >= 0.3 is 0 Å². The van der Waals surface area contributed by atoms with E-state index in [9.17, 15) is 0 Å². The molecule has 1 heterocycles. The fraction of sp³-hybridized carbons (Fsp3) is 0.0638. The predicted molar refractivity (Wildman–Crippen MR) is 206 cm³/mol. The summed E-state index contributed by atoms with van der Waals surface area (Å²) in [6.45, 7) is 4.70. The number of hydrogen-bond acceptors (Lipinski definition) is 2. The normalized spacial score (nSPS) is 13.3. The van der Waals surface area contributed by atoms with Crippen molar-refractivity contribution >= 4 is 60.5 Å². The van der Waals surface area contributed by atoms with Crippen molar-refractivity contribution in [1.29, 1.82) is 0 Å². The Bertz CT molecular complexity index is 2770. The van der Waals surface area contributed by atoms with Crippen LogP contribution in [0, 0.1) is 0 Å². The van der Waals surface area contributed by atoms with E-state index in [-0.39, 0.29) is 5.41 Å². The largest absolute Gasteiger partial charge is 0.456 e. The molecule has 0 unspecified atom stereocenters. The second kappa shape index (κ2) is 10.4. The fourth-order valence-electron chi connectivity index (χ4n) is 8.15. The highest BCUT2D eigenvalue weighted by Gasteiger charge is 2.35. The van der Waals surface area contributed by atoms with Gasteiger partial charge in [0.05, 0.1) is 0 Å². The van der Waals surface area contributed by atoms with Gasteiger partial charge in [-0.3, -0.25) is 0 Å². The lowest BCUT2D eigenvalue weighted by molar-refractivity contribution is 0.660. The molecule has 1 aliphatic rings. The molecule has 0 atom stereocenters. The van der Waals surface area contributed by atoms with Crippen LogP contribution in [0.4, 0.5) is 17.1 Å². The molecule has 0 saturated carbocycles. The van der Waals surface area contributed by atoms with Crippen LogP contribution in [0.1, 0.15) is 25.0 Å². The third-order valence-corrected chi connectivity index (χ3v) is 10.6. The SMILES string of the molecule is CC1(C)c2ccccc2-c2ccc(N(c3cccc(-c4ccc5ccccc5c4)c3)c3ccc4c(ccc5oc6ccccc6c54)c3)cc21. The Kier molecular flexibility index (Phi) is 5.95. The van der Waals surface area contributed by atoms with Crippen LogP contribution in [0.25, 0.3) is 65.7 Å². The second-order valence-corrected chi connectivity index (χ2v) is 13.8. The van der Waals surface area contributed by atoms with Gasteiger partial charge in [-0.1, -0.05) is 123 Å². The lowest BCUT2D eigenvalue weighted by Crippen LogP contribution is -2.16. The van der Waals surface area contributed by atoms with Crippen LogP contribution in [0.5, 0.6) is 0 Å². The number of rotatable bonds is 4. The zero-order chi connectivity index (χ0) is 32.7. The summed E-state index contributed by atoms with van der Waals surface area (Å²) >= 11 is 0. The minimum Gasteiger partial charge on any atom is -0.456 e. The van der Waals surface area contributed by atoms with Crippen LogP contribution in [-0.4, -0.2) is 0 Å². The van der Waals surface area contributed by atoms with E-state index in [2.05, 4.69) is 170 Å². The van der Waals surface area contributed by atoms with Gasteiger partial charge in [0.15, 0.2) is 0 Å². The number of furan rings is 1. The van der Waals surface area contributed by atoms with Crippen molar-refractivity contribution in [2.75, 3.05) is 4.90 Å². The van der Waals surface area contributed by atoms with Crippen molar-refractivity contribution in [1.82, 2.24) is 0 Å². The molecule has 232 valence electrons. The molecule has 49 heavy (non-hydrogen) atoms. The molecular weight excluding hydrogens is 595 g/mol. The summed E-state index contributed by atoms with van der Waals surface area (Å²) < 4.78 is 6.24. The summed E-state index contributed by atoms with van der Waals surface area (Å²) in [5.41, 5.74) is 12.9. The molecule has 2 heteroatoms. The van der Waals surface area contributed by atoms with Gasteiger partial charge in [0.25, 0.3) is 0 Å². The van der Waals surface area contributed by atoms with Gasteiger partial charge in [-0.25, -0.2) is 0 Å². The third kappa shape index (κ3) is 4.27. The van der Waals surface area contributed by atoms with E-state index in [4.69, 9.17) is 4.42 Å². The van der Waals surface area contributed by atoms with Crippen molar-refractivity contribution in [3.63, 3.8) is 0 Å². The lowest BCUT2D eigenvalue weighted by atomic mass is 9.82. The maximum Gasteiger partial charge on any atom is 0.136 e. The van der Waals surface area contributed by atoms with Gasteiger partial charge in [0.2, 0.25) is 0 Å². The number of hydrogen-bond donors (Lipinski definition) is 0. The van der Waals surface area contributed by atoms with E-state index >= 15 is 0 Å². The van der Waals surface area contributed by atoms with Crippen LogP contribution >= 0.6 is 0 Å². The third-order valence-electron chi connectivity index (χ3n) is 10.6. The second-order valence-electron chi connectivity index (χ2n) is 13.8. The molecule has 0 radical (unpaired) electrons. The van der Waals surface area contributed by atoms with Gasteiger partial charge < -0.3 is 9.32 Å². The Balaban J connectivity index is 1.17. The molecule has 1 aliphatic carbocycles. The van der Waals surface area contributed by atoms with Gasteiger partial charge in [-0.2, -0.15) is 0 Å². The van der Waals surface area contributed by atoms with Gasteiger partial charge in [-0.05, 0) is 110 Å². The molecule has 8 aromatic carbocycles. The van der Waals surface area contributed by atoms with E-state index < -0.39 is 0 Å². The summed E-state index contributed by atoms with van der Waals surface area (Å²) in [4.78, 5) is 2.42. The van der Waals surface area contributed by atoms with Gasteiger partial charge in [0.1, 0.15) is 11.2 Å². The number of nitrogens with zero attached hydrogens (tertiary/aromatic N) is 1. The molecule has 0 aliphatic heterocycles. The number of para-hydroxylation sites is 1. The Hall–Kier alpha value is -6.12. The molecule has 0 bridgehead atoms. The zero-order valence-electron chi connectivity index (χ0n) is 27.4. The van der Waals surface area contributed by atoms with E-state index in [0.717, 1.165) is 33.6 Å². The van der Waals surface area contributed by atoms with Crippen molar-refractivity contribution in [3.05, 3.63) is 175 Å². The molecule has 10 rings (SSSR count). The molecule has 0 N–H and O–H groups in total. The Labute approximate surface area is 285 Å². The zero-order valence-corrected chi connectivity index (χ0v) is 27.4. The minimum absolute atomic E-state index is 0.0993. The first-order valence-corrected chi connectivity index (χ1v) is 17.0. The van der Waals surface area contributed by atoms with Crippen molar-refractivity contribution in [2.24, 2.45) is 0 Å². The number of fused-ring (bicyclic) bond motifs is 9. The molecule has 0 fully saturated rings. The van der Waals surface area contributed by atoms with Crippen LogP contribution in [-0.2, 0) is 5.41 Å². The highest BCUT2D eigenvalue weighted by atomic mass is 16.3. The summed E-state index contributed by atoms with van der Waals surface area (Å²) in [6, 6.07) is 59.6. The first kappa shape index (κ1) is 27.9. The van der Waals surface area contributed by atoms with Gasteiger partial charge in [-0.15, -0.1) is 0 Å². The van der Waals surface area contributed by atoms with E-state index in [0.29, 0.717) is 0 Å². The molecular formula is C47H33NO. The first-order chi connectivity index (χ1) is 24.0. The average Bonchev–Trinajstić information content (AvgIpc) is 3.64. The fourth-order valence-corrected chi connectivity index (χ4v) is 8.15. The minimum atomic E-state index is -0.0993. The van der Waals surface area contributed by atoms with E-state index in [1.165, 1.54) is 60.3 Å². The highest BCUT2D eigenvalue weighted by molar-refractivity contribution is 6.19. The Morgan fingerprint density at radius 1 is 0.429 bits per heavy atom. The lowest BCUT2D eigenvalue weighted by Gasteiger charge is -2.28. The summed E-state index contributed by atoms with van der Waals surface area (Å²) in [7, 11) is 0. The molecule has 0 amide bonds. The topological polar surface area (TPSA) is 16.4 Å². The van der Waals surface area contributed by atoms with Crippen LogP contribution in [0.3, 0.4) is 0 Å². The molecule has 0 spiro atoms. The van der Waals surface area contributed by atoms with Gasteiger partial charge in [0, 0.05) is 33.2 Å². The van der Waals surface area contributed by atoms with E-state index in [1.807, 2.05) is 12.1 Å². The molecule has 1 aromatic heterocycles. The van der Waals surface area contributed by atoms with Crippen molar-refractivity contribution in [3.8, 4) is 22.3 Å². The van der Waals surface area contributed by atoms with Crippen molar-refractivity contribution < 1.29 is 4.42 Å². The van der Waals surface area contributed by atoms with Crippen LogP contribution in [0.2, 0.25) is 0 Å². The Morgan fingerprint density at radius 3 is 2.08 bits per heavy atom. The van der Waals surface area contributed by atoms with E-state index in [1.54, 1.807) is 0 Å². The summed E-state index contributed by atoms with van der Waals surface area (Å²) in [5.74, 6) is 0. The van der Waals surface area contributed by atoms with Crippen molar-refractivity contribution in [2.45, 2.75) is 19.3 Å². The number of anilines is 3. The highest BCUT2D eigenvalue weighted by Crippen LogP contribution is 2.51. The van der Waals surface area contributed by atoms with Crippen LogP contribution < -0.4 is 4.90 Å². The maximum absolute atomic E-state index is 6.24. The Morgan fingerprint density at radius 2 is 1.14 bits per heavy atom. The average molecular weight is 628 g/mol. The smallest absolute Gasteiger partial charge is 0.136 e. The first-order valence-electron chi connectivity index (χ1n) is 17.0. The number of benzene rings is 8. The quantitative estimate of drug-likeness (QED) is 0.193. The predicted octanol–water partition coefficient (Wildman–Crippen LogP) is 13.3. The maximum atomic E-state index is 6.24.